The van der Waals surface area contributed by atoms with Gasteiger partial charge in [0.1, 0.15) is 12.4 Å². The van der Waals surface area contributed by atoms with Gasteiger partial charge in [-0.25, -0.2) is 4.79 Å². The van der Waals surface area contributed by atoms with Gasteiger partial charge in [-0.2, -0.15) is 0 Å². The first kappa shape index (κ1) is 18.7. The molecule has 128 valence electrons. The Balaban J connectivity index is 2.87. The number of carbonyl (C=O) groups excluding carboxylic acids is 1. The number of carboxylic acids is 1. The number of hydrogen-bond donors (Lipinski definition) is 1. The molecule has 7 heteroatoms. The van der Waals surface area contributed by atoms with Crippen molar-refractivity contribution in [3.8, 4) is 0 Å². The van der Waals surface area contributed by atoms with Gasteiger partial charge in [0.05, 0.1) is 18.1 Å². The lowest BCUT2D eigenvalue weighted by Crippen LogP contribution is -2.49. The Hall–Kier alpha value is -1.34. The number of rotatable bonds is 6. The minimum absolute atomic E-state index is 0.0130. The maximum absolute atomic E-state index is 12.3. The molecule has 1 fully saturated rings. The average Bonchev–Trinajstić information content (AvgIpc) is 2.86. The van der Waals surface area contributed by atoms with Crippen LogP contribution < -0.4 is 0 Å². The van der Waals surface area contributed by atoms with Gasteiger partial charge in [-0.05, 0) is 40.5 Å². The van der Waals surface area contributed by atoms with E-state index in [9.17, 15) is 14.7 Å². The van der Waals surface area contributed by atoms with Crippen LogP contribution in [0.25, 0.3) is 0 Å². The molecule has 3 atom stereocenters. The molecular formula is C15H27NO6. The summed E-state index contributed by atoms with van der Waals surface area (Å²) in [7, 11) is 1.47. The van der Waals surface area contributed by atoms with Crippen molar-refractivity contribution in [3.63, 3.8) is 0 Å². The van der Waals surface area contributed by atoms with E-state index in [0.29, 0.717) is 13.0 Å². The third-order valence-corrected chi connectivity index (χ3v) is 3.57. The fourth-order valence-electron chi connectivity index (χ4n) is 2.56. The van der Waals surface area contributed by atoms with E-state index < -0.39 is 29.7 Å². The highest BCUT2D eigenvalue weighted by Gasteiger charge is 2.41. The van der Waals surface area contributed by atoms with Gasteiger partial charge in [0.25, 0.3) is 0 Å². The molecule has 1 rings (SSSR count). The zero-order chi connectivity index (χ0) is 16.9. The van der Waals surface area contributed by atoms with E-state index in [1.807, 2.05) is 0 Å². The topological polar surface area (TPSA) is 85.3 Å². The van der Waals surface area contributed by atoms with Gasteiger partial charge in [-0.15, -0.1) is 0 Å². The van der Waals surface area contributed by atoms with E-state index in [-0.39, 0.29) is 12.8 Å². The zero-order valence-corrected chi connectivity index (χ0v) is 14.0. The molecule has 0 spiro atoms. The van der Waals surface area contributed by atoms with Crippen molar-refractivity contribution in [1.29, 1.82) is 0 Å². The Bertz CT molecular complexity index is 392. The first-order chi connectivity index (χ1) is 10.2. The van der Waals surface area contributed by atoms with Gasteiger partial charge in [-0.1, -0.05) is 0 Å². The standard InChI is InChI=1S/C15H27NO6/c1-10(13(17)18)12(21-9-20-5)11-7-6-8-16(11)14(19)22-15(2,3)4/h10-12H,6-9H2,1-5H3,(H,17,18)/t10-,11+,12-/m1/s1. The monoisotopic (exact) mass is 317 g/mol. The van der Waals surface area contributed by atoms with Gasteiger partial charge >= 0.3 is 12.1 Å². The minimum atomic E-state index is -0.961. The molecule has 0 aliphatic carbocycles. The van der Waals surface area contributed by atoms with Crippen molar-refractivity contribution in [2.45, 2.75) is 58.3 Å². The highest BCUT2D eigenvalue weighted by atomic mass is 16.7. The largest absolute Gasteiger partial charge is 0.481 e. The molecule has 1 aliphatic heterocycles. The van der Waals surface area contributed by atoms with Crippen LogP contribution in [-0.2, 0) is 19.0 Å². The molecule has 1 amide bonds. The van der Waals surface area contributed by atoms with E-state index in [2.05, 4.69) is 0 Å². The summed E-state index contributed by atoms with van der Waals surface area (Å²) in [4.78, 5) is 25.2. The van der Waals surface area contributed by atoms with Crippen molar-refractivity contribution >= 4 is 12.1 Å². The van der Waals surface area contributed by atoms with Crippen LogP contribution in [0.15, 0.2) is 0 Å². The lowest BCUT2D eigenvalue weighted by molar-refractivity contribution is -0.156. The molecule has 1 aliphatic rings. The summed E-state index contributed by atoms with van der Waals surface area (Å²) in [6, 6.07) is -0.323. The van der Waals surface area contributed by atoms with Crippen molar-refractivity contribution < 1.29 is 28.9 Å². The third-order valence-electron chi connectivity index (χ3n) is 3.57. The predicted octanol–water partition coefficient (Wildman–Crippen LogP) is 2.10. The molecule has 1 N–H and O–H groups in total. The summed E-state index contributed by atoms with van der Waals surface area (Å²) < 4.78 is 15.8. The molecule has 0 unspecified atom stereocenters. The second kappa shape index (κ2) is 7.78. The Morgan fingerprint density at radius 1 is 1.36 bits per heavy atom. The molecule has 1 heterocycles. The Kier molecular flexibility index (Phi) is 6.62. The maximum atomic E-state index is 12.3. The lowest BCUT2D eigenvalue weighted by Gasteiger charge is -2.34. The van der Waals surface area contributed by atoms with Crippen molar-refractivity contribution in [3.05, 3.63) is 0 Å². The van der Waals surface area contributed by atoms with E-state index in [4.69, 9.17) is 14.2 Å². The van der Waals surface area contributed by atoms with Crippen LogP contribution >= 0.6 is 0 Å². The molecule has 7 nitrogen and oxygen atoms in total. The van der Waals surface area contributed by atoms with Gasteiger partial charge in [-0.3, -0.25) is 4.79 Å². The number of methoxy groups -OCH3 is 1. The average molecular weight is 317 g/mol. The first-order valence-corrected chi connectivity index (χ1v) is 7.50. The summed E-state index contributed by atoms with van der Waals surface area (Å²) in [6.45, 7) is 7.51. The van der Waals surface area contributed by atoms with Crippen LogP contribution in [0, 0.1) is 5.92 Å². The second-order valence-corrected chi connectivity index (χ2v) is 6.55. The fraction of sp³-hybridized carbons (Fsp3) is 0.867. The maximum Gasteiger partial charge on any atom is 0.410 e. The number of aliphatic carboxylic acids is 1. The molecule has 0 aromatic heterocycles. The Morgan fingerprint density at radius 3 is 2.50 bits per heavy atom. The number of hydrogen-bond acceptors (Lipinski definition) is 5. The molecule has 0 radical (unpaired) electrons. The Morgan fingerprint density at radius 2 is 2.00 bits per heavy atom. The van der Waals surface area contributed by atoms with Crippen LogP contribution in [-0.4, -0.2) is 60.3 Å². The molecule has 1 saturated heterocycles. The van der Waals surface area contributed by atoms with E-state index in [0.717, 1.165) is 6.42 Å². The summed E-state index contributed by atoms with van der Waals surface area (Å²) in [6.07, 6.45) is 0.417. The SMILES string of the molecule is COCO[C@H]([C@@H](C)C(=O)O)[C@@H]1CCCN1C(=O)OC(C)(C)C. The van der Waals surface area contributed by atoms with E-state index in [1.54, 1.807) is 32.6 Å². The second-order valence-electron chi connectivity index (χ2n) is 6.55. The number of nitrogens with zero attached hydrogens (tertiary/aromatic N) is 1. The third kappa shape index (κ3) is 5.14. The molecular weight excluding hydrogens is 290 g/mol. The van der Waals surface area contributed by atoms with Gasteiger partial charge in [0, 0.05) is 13.7 Å². The van der Waals surface area contributed by atoms with E-state index >= 15 is 0 Å². The Labute approximate surface area is 131 Å². The fourth-order valence-corrected chi connectivity index (χ4v) is 2.56. The quantitative estimate of drug-likeness (QED) is 0.755. The minimum Gasteiger partial charge on any atom is -0.481 e. The molecule has 0 aromatic rings. The van der Waals surface area contributed by atoms with Gasteiger partial charge in [0.2, 0.25) is 0 Å². The number of ether oxygens (including phenoxy) is 3. The van der Waals surface area contributed by atoms with Crippen molar-refractivity contribution in [1.82, 2.24) is 4.90 Å². The zero-order valence-electron chi connectivity index (χ0n) is 14.0. The normalized spacial score (nSPS) is 21.5. The van der Waals surface area contributed by atoms with Gasteiger partial charge in [0.15, 0.2) is 0 Å². The first-order valence-electron chi connectivity index (χ1n) is 7.50. The number of carboxylic acid groups (broad SMARTS) is 1. The van der Waals surface area contributed by atoms with Gasteiger partial charge < -0.3 is 24.2 Å². The summed E-state index contributed by atoms with van der Waals surface area (Å²) in [5, 5.41) is 9.27. The highest BCUT2D eigenvalue weighted by Crippen LogP contribution is 2.28. The molecule has 0 saturated carbocycles. The number of carbonyl (C=O) groups is 2. The van der Waals surface area contributed by atoms with Crippen LogP contribution in [0.1, 0.15) is 40.5 Å². The molecule has 0 aromatic carbocycles. The van der Waals surface area contributed by atoms with Crippen LogP contribution in [0.4, 0.5) is 4.79 Å². The van der Waals surface area contributed by atoms with Crippen LogP contribution in [0.3, 0.4) is 0 Å². The molecule has 22 heavy (non-hydrogen) atoms. The number of amides is 1. The highest BCUT2D eigenvalue weighted by molar-refractivity contribution is 5.71. The molecule has 0 bridgehead atoms. The van der Waals surface area contributed by atoms with Crippen molar-refractivity contribution in [2.24, 2.45) is 5.92 Å². The smallest absolute Gasteiger partial charge is 0.410 e. The van der Waals surface area contributed by atoms with Crippen LogP contribution in [0.2, 0.25) is 0 Å². The summed E-state index contributed by atoms with van der Waals surface area (Å²) >= 11 is 0. The van der Waals surface area contributed by atoms with Crippen LogP contribution in [0.5, 0.6) is 0 Å². The van der Waals surface area contributed by atoms with Crippen molar-refractivity contribution in [2.75, 3.05) is 20.4 Å². The summed E-state index contributed by atoms with van der Waals surface area (Å²) in [5.41, 5.74) is -0.592. The summed E-state index contributed by atoms with van der Waals surface area (Å²) in [5.74, 6) is -1.71. The number of likely N-dealkylation sites (tertiary alicyclic amines) is 1. The predicted molar refractivity (Wildman–Crippen MR) is 79.5 cm³/mol. The van der Waals surface area contributed by atoms with E-state index in [1.165, 1.54) is 7.11 Å². The lowest BCUT2D eigenvalue weighted by atomic mass is 9.96.